The van der Waals surface area contributed by atoms with Crippen LogP contribution in [0.1, 0.15) is 5.56 Å². The zero-order valence-electron chi connectivity index (χ0n) is 15.5. The van der Waals surface area contributed by atoms with Crippen LogP contribution in [0, 0.1) is 0 Å². The van der Waals surface area contributed by atoms with Crippen molar-refractivity contribution in [3.8, 4) is 0 Å². The molecule has 0 radical (unpaired) electrons. The molecule has 0 spiro atoms. The molecule has 0 aromatic heterocycles. The topological polar surface area (TPSA) is 0 Å². The molecule has 1 heteroatoms. The molecule has 0 heterocycles. The molecule has 0 aliphatic heterocycles. The summed E-state index contributed by atoms with van der Waals surface area (Å²) in [6.45, 7) is 0. The maximum atomic E-state index is 2.35. The third-order valence-electron chi connectivity index (χ3n) is 5.43. The van der Waals surface area contributed by atoms with E-state index in [9.17, 15) is 0 Å². The van der Waals surface area contributed by atoms with Crippen molar-refractivity contribution in [1.29, 1.82) is 0 Å². The summed E-state index contributed by atoms with van der Waals surface area (Å²) in [6.07, 6.45) is 1.11. The van der Waals surface area contributed by atoms with Crippen molar-refractivity contribution in [3.05, 3.63) is 127 Å². The van der Waals surface area contributed by atoms with Gasteiger partial charge in [-0.3, -0.25) is 0 Å². The number of hydrogen-bond donors (Lipinski definition) is 0. The molecule has 4 aromatic carbocycles. The second-order valence-corrected chi connectivity index (χ2v) is 15.5. The Morgan fingerprint density at radius 3 is 1.11 bits per heavy atom. The molecule has 0 bridgehead atoms. The van der Waals surface area contributed by atoms with Crippen molar-refractivity contribution < 1.29 is 0 Å². The first-order valence-electron chi connectivity index (χ1n) is 9.60. The van der Waals surface area contributed by atoms with Gasteiger partial charge in [0, 0.05) is 0 Å². The molecule has 0 aliphatic carbocycles. The zero-order chi connectivity index (χ0) is 18.4. The Balaban J connectivity index is 1.89. The van der Waals surface area contributed by atoms with Gasteiger partial charge in [0.2, 0.25) is 0 Å². The minimum atomic E-state index is -2.79. The Kier molecular flexibility index (Phi) is 5.55. The van der Waals surface area contributed by atoms with Crippen molar-refractivity contribution in [1.82, 2.24) is 0 Å². The third kappa shape index (κ3) is 3.77. The number of hydrogen-bond acceptors (Lipinski definition) is 0. The number of aryl methyl sites for hydroxylation is 1. The summed E-state index contributed by atoms with van der Waals surface area (Å²) >= 11 is -2.79. The first-order valence-corrected chi connectivity index (χ1v) is 14.2. The molecule has 0 fully saturated rings. The van der Waals surface area contributed by atoms with Crippen LogP contribution in [0.15, 0.2) is 121 Å². The van der Waals surface area contributed by atoms with E-state index >= 15 is 0 Å². The van der Waals surface area contributed by atoms with Gasteiger partial charge in [0.15, 0.2) is 0 Å². The summed E-state index contributed by atoms with van der Waals surface area (Å²) in [5, 5.41) is 1.21. The van der Waals surface area contributed by atoms with Crippen LogP contribution in [0.3, 0.4) is 0 Å². The fourth-order valence-electron chi connectivity index (χ4n) is 4.08. The van der Waals surface area contributed by atoms with Gasteiger partial charge in [-0.15, -0.1) is 0 Å². The normalized spacial score (nSPS) is 11.3. The molecule has 0 nitrogen and oxygen atoms in total. The van der Waals surface area contributed by atoms with E-state index in [-0.39, 0.29) is 0 Å². The Morgan fingerprint density at radius 1 is 0.407 bits per heavy atom. The van der Waals surface area contributed by atoms with Crippen LogP contribution in [0.2, 0.25) is 5.25 Å². The van der Waals surface area contributed by atoms with Gasteiger partial charge in [-0.25, -0.2) is 0 Å². The second-order valence-electron chi connectivity index (χ2n) is 6.99. The van der Waals surface area contributed by atoms with Crippen molar-refractivity contribution in [2.75, 3.05) is 0 Å². The molecule has 0 aliphatic rings. The van der Waals surface area contributed by atoms with Gasteiger partial charge in [0.05, 0.1) is 0 Å². The molecule has 0 saturated carbocycles. The van der Waals surface area contributed by atoms with Gasteiger partial charge in [0.1, 0.15) is 0 Å². The number of benzene rings is 4. The predicted octanol–water partition coefficient (Wildman–Crippen LogP) is 4.40. The van der Waals surface area contributed by atoms with E-state index in [1.54, 1.807) is 0 Å². The second kappa shape index (κ2) is 8.41. The quantitative estimate of drug-likeness (QED) is 0.415. The first-order chi connectivity index (χ1) is 13.4. The van der Waals surface area contributed by atoms with Gasteiger partial charge in [-0.2, -0.15) is 0 Å². The van der Waals surface area contributed by atoms with Crippen molar-refractivity contribution >= 4 is 26.5 Å². The van der Waals surface area contributed by atoms with E-state index < -0.39 is 13.3 Å². The van der Waals surface area contributed by atoms with Crippen LogP contribution in [0.5, 0.6) is 0 Å². The summed E-state index contributed by atoms with van der Waals surface area (Å²) in [6, 6.07) is 44.6. The van der Waals surface area contributed by atoms with Crippen LogP contribution in [0.25, 0.3) is 0 Å². The summed E-state index contributed by atoms with van der Waals surface area (Å²) in [4.78, 5) is 0. The Bertz CT molecular complexity index is 851. The SMILES string of the molecule is c1ccc(C[CH2][Ge]([c]2ccccc2)([c]2ccccc2)[c]2ccccc2)cc1. The van der Waals surface area contributed by atoms with E-state index in [0.717, 1.165) is 6.42 Å². The van der Waals surface area contributed by atoms with Crippen LogP contribution in [0.4, 0.5) is 0 Å². The van der Waals surface area contributed by atoms with Gasteiger partial charge < -0.3 is 0 Å². The van der Waals surface area contributed by atoms with Crippen LogP contribution >= 0.6 is 0 Å². The zero-order valence-corrected chi connectivity index (χ0v) is 17.6. The Hall–Kier alpha value is -2.58. The van der Waals surface area contributed by atoms with Gasteiger partial charge in [-0.1, -0.05) is 0 Å². The molecule has 0 saturated heterocycles. The van der Waals surface area contributed by atoms with Crippen molar-refractivity contribution in [2.45, 2.75) is 11.7 Å². The molecule has 0 unspecified atom stereocenters. The standard InChI is InChI=1S/C26H24Ge/c1-5-13-23(14-6-1)21-22-27(24-15-7-2-8-16-24,25-17-9-3-10-18-25)26-19-11-4-12-20-26/h1-20H,21-22H2. The molecule has 132 valence electrons. The molecular formula is C26H24Ge. The summed E-state index contributed by atoms with van der Waals surface area (Å²) < 4.78 is 4.60. The Morgan fingerprint density at radius 2 is 0.741 bits per heavy atom. The first kappa shape index (κ1) is 17.8. The van der Waals surface area contributed by atoms with Gasteiger partial charge in [0.25, 0.3) is 0 Å². The summed E-state index contributed by atoms with van der Waals surface area (Å²) in [5.74, 6) is 0. The van der Waals surface area contributed by atoms with E-state index in [1.165, 1.54) is 24.0 Å². The monoisotopic (exact) mass is 410 g/mol. The summed E-state index contributed by atoms with van der Waals surface area (Å²) in [5.41, 5.74) is 1.43. The maximum absolute atomic E-state index is 2.79. The van der Waals surface area contributed by atoms with Gasteiger partial charge >= 0.3 is 165 Å². The molecule has 0 N–H and O–H groups in total. The van der Waals surface area contributed by atoms with Crippen molar-refractivity contribution in [2.24, 2.45) is 0 Å². The average molecular weight is 409 g/mol. The molecule has 0 amide bonds. The van der Waals surface area contributed by atoms with E-state index in [1.807, 2.05) is 0 Å². The van der Waals surface area contributed by atoms with Gasteiger partial charge in [-0.05, 0) is 0 Å². The van der Waals surface area contributed by atoms with Crippen LogP contribution < -0.4 is 13.2 Å². The van der Waals surface area contributed by atoms with E-state index in [4.69, 9.17) is 0 Å². The fourth-order valence-corrected chi connectivity index (χ4v) is 14.2. The molecular weight excluding hydrogens is 385 g/mol. The fraction of sp³-hybridized carbons (Fsp3) is 0.0769. The number of rotatable bonds is 6. The van der Waals surface area contributed by atoms with E-state index in [2.05, 4.69) is 121 Å². The minimum absolute atomic E-state index is 1.11. The Labute approximate surface area is 164 Å². The van der Waals surface area contributed by atoms with Crippen molar-refractivity contribution in [3.63, 3.8) is 0 Å². The van der Waals surface area contributed by atoms with Crippen LogP contribution in [-0.2, 0) is 6.42 Å². The molecule has 4 rings (SSSR count). The summed E-state index contributed by atoms with van der Waals surface area (Å²) in [7, 11) is 0. The predicted molar refractivity (Wildman–Crippen MR) is 119 cm³/mol. The van der Waals surface area contributed by atoms with Crippen LogP contribution in [-0.4, -0.2) is 13.3 Å². The molecule has 0 atom stereocenters. The van der Waals surface area contributed by atoms with E-state index in [0.29, 0.717) is 0 Å². The third-order valence-corrected chi connectivity index (χ3v) is 15.8. The molecule has 4 aromatic rings. The molecule has 27 heavy (non-hydrogen) atoms. The average Bonchev–Trinajstić information content (AvgIpc) is 2.77.